The first-order valence-electron chi connectivity index (χ1n) is 2.28. The second-order valence-electron chi connectivity index (χ2n) is 1.43. The smallest absolute Gasteiger partial charge is 0.0824 e. The average molecular weight is 145 g/mol. The lowest BCUT2D eigenvalue weighted by Crippen LogP contribution is -1.68. The lowest BCUT2D eigenvalue weighted by atomic mass is 10.6. The highest BCUT2D eigenvalue weighted by molar-refractivity contribution is 8.00. The maximum atomic E-state index is 4.09. The van der Waals surface area contributed by atoms with Crippen LogP contribution in [0.1, 0.15) is 5.69 Å². The summed E-state index contributed by atoms with van der Waals surface area (Å²) >= 11 is 3.46. The molecule has 0 unspecified atom stereocenters. The highest BCUT2D eigenvalue weighted by Crippen LogP contribution is 2.22. The van der Waals surface area contributed by atoms with Crippen molar-refractivity contribution in [2.24, 2.45) is 0 Å². The third-order valence-corrected chi connectivity index (χ3v) is 3.06. The first-order valence-corrected chi connectivity index (χ1v) is 4.39. The van der Waals surface area contributed by atoms with Crippen LogP contribution in [0, 0.1) is 6.92 Å². The molecular formula is C5H7NS2. The topological polar surface area (TPSA) is 12.9 Å². The highest BCUT2D eigenvalue weighted by atomic mass is 32.2. The molecule has 8 heavy (non-hydrogen) atoms. The Hall–Kier alpha value is -0.0200. The van der Waals surface area contributed by atoms with Crippen LogP contribution in [0.25, 0.3) is 0 Å². The fraction of sp³-hybridized carbons (Fsp3) is 0.400. The minimum absolute atomic E-state index is 1.16. The van der Waals surface area contributed by atoms with E-state index in [2.05, 4.69) is 11.2 Å². The Labute approximate surface area is 57.1 Å². The van der Waals surface area contributed by atoms with Crippen LogP contribution in [0.3, 0.4) is 0 Å². The Bertz CT molecular complexity index is 171. The number of aromatic nitrogens is 1. The van der Waals surface area contributed by atoms with Crippen LogP contribution in [0.4, 0.5) is 0 Å². The van der Waals surface area contributed by atoms with Gasteiger partial charge in [0.05, 0.1) is 15.4 Å². The maximum absolute atomic E-state index is 4.09. The molecule has 0 amide bonds. The van der Waals surface area contributed by atoms with Gasteiger partial charge >= 0.3 is 0 Å². The van der Waals surface area contributed by atoms with Gasteiger partial charge in [0.15, 0.2) is 0 Å². The number of aryl methyl sites for hydroxylation is 1. The quantitative estimate of drug-likeness (QED) is 0.562. The molecule has 0 atom stereocenters. The predicted molar refractivity (Wildman–Crippen MR) is 38.6 cm³/mol. The van der Waals surface area contributed by atoms with Crippen molar-refractivity contribution in [2.75, 3.05) is 6.26 Å². The molecule has 0 aliphatic carbocycles. The Morgan fingerprint density at radius 1 is 1.75 bits per heavy atom. The summed E-state index contributed by atoms with van der Waals surface area (Å²) in [6.07, 6.45) is 2.07. The van der Waals surface area contributed by atoms with E-state index in [-0.39, 0.29) is 0 Å². The van der Waals surface area contributed by atoms with E-state index in [9.17, 15) is 0 Å². The molecule has 0 aromatic carbocycles. The van der Waals surface area contributed by atoms with Crippen LogP contribution in [-0.4, -0.2) is 11.2 Å². The molecule has 0 radical (unpaired) electrons. The minimum atomic E-state index is 1.16. The summed E-state index contributed by atoms with van der Waals surface area (Å²) in [6.45, 7) is 2.03. The Kier molecular flexibility index (Phi) is 1.91. The molecule has 0 saturated carbocycles. The number of rotatable bonds is 1. The molecule has 0 bridgehead atoms. The van der Waals surface area contributed by atoms with E-state index < -0.39 is 0 Å². The zero-order valence-corrected chi connectivity index (χ0v) is 6.47. The first kappa shape index (κ1) is 6.11. The number of thioether (sulfide) groups is 1. The second-order valence-corrected chi connectivity index (χ2v) is 3.36. The molecule has 44 valence electrons. The molecular weight excluding hydrogens is 138 g/mol. The molecule has 1 nitrogen and oxygen atoms in total. The number of thiazole rings is 1. The maximum Gasteiger partial charge on any atom is 0.0824 e. The molecule has 0 N–H and O–H groups in total. The molecule has 0 saturated heterocycles. The summed E-state index contributed by atoms with van der Waals surface area (Å²) in [5.74, 6) is 0. The normalized spacial score (nSPS) is 9.75. The number of nitrogens with zero attached hydrogens (tertiary/aromatic N) is 1. The van der Waals surface area contributed by atoms with Crippen LogP contribution in [-0.2, 0) is 0 Å². The van der Waals surface area contributed by atoms with Crippen LogP contribution < -0.4 is 0 Å². The van der Waals surface area contributed by atoms with Crippen LogP contribution in [0.5, 0.6) is 0 Å². The van der Waals surface area contributed by atoms with Gasteiger partial charge < -0.3 is 0 Å². The molecule has 1 aromatic heterocycles. The zero-order valence-electron chi connectivity index (χ0n) is 4.84. The van der Waals surface area contributed by atoms with Gasteiger partial charge in [-0.1, -0.05) is 0 Å². The summed E-state index contributed by atoms with van der Waals surface area (Å²) in [6, 6.07) is 0. The van der Waals surface area contributed by atoms with E-state index >= 15 is 0 Å². The number of hydrogen-bond acceptors (Lipinski definition) is 3. The van der Waals surface area contributed by atoms with Gasteiger partial charge in [-0.15, -0.1) is 23.1 Å². The molecule has 3 heteroatoms. The Morgan fingerprint density at radius 2 is 2.50 bits per heavy atom. The van der Waals surface area contributed by atoms with E-state index in [4.69, 9.17) is 0 Å². The summed E-state index contributed by atoms with van der Waals surface area (Å²) in [4.78, 5) is 4.09. The van der Waals surface area contributed by atoms with Gasteiger partial charge in [-0.25, -0.2) is 4.98 Å². The molecule has 0 aliphatic rings. The lowest BCUT2D eigenvalue weighted by Gasteiger charge is -1.85. The third kappa shape index (κ3) is 1.03. The third-order valence-electron chi connectivity index (χ3n) is 0.887. The van der Waals surface area contributed by atoms with E-state index in [0.717, 1.165) is 5.69 Å². The van der Waals surface area contributed by atoms with Gasteiger partial charge in [0.25, 0.3) is 0 Å². The fourth-order valence-electron chi connectivity index (χ4n) is 0.487. The summed E-state index contributed by atoms with van der Waals surface area (Å²) in [5.41, 5.74) is 3.03. The van der Waals surface area contributed by atoms with Crippen molar-refractivity contribution >= 4 is 23.1 Å². The zero-order chi connectivity index (χ0) is 5.98. The average Bonchev–Trinajstić information content (AvgIpc) is 2.14. The van der Waals surface area contributed by atoms with Gasteiger partial charge in [-0.05, 0) is 13.2 Å². The standard InChI is InChI=1S/C5H7NS2/c1-4-5(7-2)8-3-6-4/h3H,1-2H3. The number of hydrogen-bond donors (Lipinski definition) is 0. The van der Waals surface area contributed by atoms with Crippen molar-refractivity contribution in [3.05, 3.63) is 11.2 Å². The van der Waals surface area contributed by atoms with Gasteiger partial charge in [0, 0.05) is 0 Å². The SMILES string of the molecule is CSc1scnc1C. The monoisotopic (exact) mass is 145 g/mol. The second kappa shape index (κ2) is 2.51. The van der Waals surface area contributed by atoms with Crippen LogP contribution in [0.2, 0.25) is 0 Å². The molecule has 0 aliphatic heterocycles. The lowest BCUT2D eigenvalue weighted by molar-refractivity contribution is 1.21. The summed E-state index contributed by atoms with van der Waals surface area (Å²) in [5, 5.41) is 0. The van der Waals surface area contributed by atoms with E-state index in [1.165, 1.54) is 4.21 Å². The van der Waals surface area contributed by atoms with E-state index in [1.54, 1.807) is 23.1 Å². The van der Waals surface area contributed by atoms with E-state index in [1.807, 2.05) is 12.4 Å². The molecule has 0 spiro atoms. The first-order chi connectivity index (χ1) is 3.84. The van der Waals surface area contributed by atoms with Crippen LogP contribution in [0.15, 0.2) is 9.72 Å². The molecule has 1 aromatic rings. The van der Waals surface area contributed by atoms with Crippen molar-refractivity contribution in [3.63, 3.8) is 0 Å². The Balaban J connectivity index is 2.92. The largest absolute Gasteiger partial charge is 0.249 e. The van der Waals surface area contributed by atoms with E-state index in [0.29, 0.717) is 0 Å². The van der Waals surface area contributed by atoms with Gasteiger partial charge in [-0.3, -0.25) is 0 Å². The van der Waals surface area contributed by atoms with Gasteiger partial charge in [-0.2, -0.15) is 0 Å². The molecule has 0 fully saturated rings. The van der Waals surface area contributed by atoms with Crippen LogP contribution >= 0.6 is 23.1 Å². The molecule has 1 heterocycles. The van der Waals surface area contributed by atoms with Crippen molar-refractivity contribution < 1.29 is 0 Å². The van der Waals surface area contributed by atoms with Gasteiger partial charge in [0.1, 0.15) is 0 Å². The van der Waals surface area contributed by atoms with Crippen molar-refractivity contribution in [1.82, 2.24) is 4.98 Å². The minimum Gasteiger partial charge on any atom is -0.249 e. The molecule has 1 rings (SSSR count). The Morgan fingerprint density at radius 3 is 2.75 bits per heavy atom. The highest BCUT2D eigenvalue weighted by Gasteiger charge is 1.95. The van der Waals surface area contributed by atoms with Gasteiger partial charge in [0.2, 0.25) is 0 Å². The van der Waals surface area contributed by atoms with Crippen molar-refractivity contribution in [2.45, 2.75) is 11.1 Å². The summed E-state index contributed by atoms with van der Waals surface area (Å²) in [7, 11) is 0. The fourth-order valence-corrected chi connectivity index (χ4v) is 1.88. The van der Waals surface area contributed by atoms with Crippen molar-refractivity contribution in [3.8, 4) is 0 Å². The predicted octanol–water partition coefficient (Wildman–Crippen LogP) is 2.17. The summed E-state index contributed by atoms with van der Waals surface area (Å²) < 4.78 is 1.32. The van der Waals surface area contributed by atoms with Crippen molar-refractivity contribution in [1.29, 1.82) is 0 Å².